The molecular weight excluding hydrogens is 525 g/mol. The van der Waals surface area contributed by atoms with Gasteiger partial charge in [-0.05, 0) is 41.0 Å². The molecule has 5 rings (SSSR count). The SMILES string of the molecule is C=CCN(C(=O)NCc1ccccc1)N1CC(=O)N2[C@@H](Cc3ccc(O)cc3)C(=O)N(Cc3ccc(F)cc3)C[C@@H]21. The molecule has 10 heteroatoms. The average molecular weight is 558 g/mol. The molecule has 0 radical (unpaired) electrons. The number of amides is 4. The van der Waals surface area contributed by atoms with E-state index in [0.717, 1.165) is 16.7 Å². The van der Waals surface area contributed by atoms with Crippen molar-refractivity contribution < 1.29 is 23.9 Å². The van der Waals surface area contributed by atoms with Gasteiger partial charge in [-0.2, -0.15) is 5.01 Å². The monoisotopic (exact) mass is 557 g/mol. The second-order valence-electron chi connectivity index (χ2n) is 10.1. The zero-order chi connectivity index (χ0) is 28.9. The van der Waals surface area contributed by atoms with E-state index in [1.54, 1.807) is 45.2 Å². The van der Waals surface area contributed by atoms with Gasteiger partial charge in [0.15, 0.2) is 0 Å². The van der Waals surface area contributed by atoms with Gasteiger partial charge in [0.25, 0.3) is 0 Å². The molecule has 2 N–H and O–H groups in total. The molecule has 2 aliphatic rings. The molecule has 2 fully saturated rings. The molecule has 0 aliphatic carbocycles. The number of hydrazine groups is 1. The maximum Gasteiger partial charge on any atom is 0.332 e. The molecule has 9 nitrogen and oxygen atoms in total. The van der Waals surface area contributed by atoms with Crippen LogP contribution in [0.3, 0.4) is 0 Å². The van der Waals surface area contributed by atoms with E-state index < -0.39 is 12.2 Å². The third-order valence-corrected chi connectivity index (χ3v) is 7.35. The lowest BCUT2D eigenvalue weighted by atomic mass is 10.00. The molecule has 0 spiro atoms. The summed E-state index contributed by atoms with van der Waals surface area (Å²) < 4.78 is 13.6. The van der Waals surface area contributed by atoms with Crippen molar-refractivity contribution in [2.75, 3.05) is 19.6 Å². The minimum atomic E-state index is -0.825. The Morgan fingerprint density at radius 2 is 1.68 bits per heavy atom. The van der Waals surface area contributed by atoms with Crippen LogP contribution in [0, 0.1) is 5.82 Å². The molecule has 2 saturated heterocycles. The fourth-order valence-corrected chi connectivity index (χ4v) is 5.35. The summed E-state index contributed by atoms with van der Waals surface area (Å²) in [5.74, 6) is -0.773. The number of nitrogens with zero attached hydrogens (tertiary/aromatic N) is 4. The van der Waals surface area contributed by atoms with Crippen molar-refractivity contribution >= 4 is 17.8 Å². The van der Waals surface area contributed by atoms with Gasteiger partial charge >= 0.3 is 6.03 Å². The number of halogens is 1. The lowest BCUT2D eigenvalue weighted by Gasteiger charge is -2.46. The van der Waals surface area contributed by atoms with Crippen LogP contribution < -0.4 is 5.32 Å². The van der Waals surface area contributed by atoms with Gasteiger partial charge in [-0.15, -0.1) is 6.58 Å². The molecule has 0 unspecified atom stereocenters. The van der Waals surface area contributed by atoms with Crippen LogP contribution in [0.1, 0.15) is 16.7 Å². The lowest BCUT2D eigenvalue weighted by molar-refractivity contribution is -0.157. The first-order chi connectivity index (χ1) is 19.8. The average Bonchev–Trinajstić information content (AvgIpc) is 3.30. The maximum atomic E-state index is 13.8. The fraction of sp³-hybridized carbons (Fsp3) is 0.258. The van der Waals surface area contributed by atoms with E-state index in [4.69, 9.17) is 0 Å². The number of nitrogens with one attached hydrogen (secondary N) is 1. The third kappa shape index (κ3) is 6.22. The number of phenols is 1. The number of urea groups is 1. The molecule has 0 bridgehead atoms. The Balaban J connectivity index is 1.43. The lowest BCUT2D eigenvalue weighted by Crippen LogP contribution is -2.66. The predicted octanol–water partition coefficient (Wildman–Crippen LogP) is 3.27. The first-order valence-corrected chi connectivity index (χ1v) is 13.4. The van der Waals surface area contributed by atoms with E-state index in [-0.39, 0.29) is 62.0 Å². The van der Waals surface area contributed by atoms with Crippen molar-refractivity contribution in [2.45, 2.75) is 31.7 Å². The van der Waals surface area contributed by atoms with Crippen LogP contribution >= 0.6 is 0 Å². The molecule has 3 aromatic rings. The minimum absolute atomic E-state index is 0.0823. The summed E-state index contributed by atoms with van der Waals surface area (Å²) in [6.45, 7) is 4.57. The summed E-state index contributed by atoms with van der Waals surface area (Å²) in [5.41, 5.74) is 2.45. The van der Waals surface area contributed by atoms with Crippen LogP contribution in [-0.4, -0.2) is 74.6 Å². The van der Waals surface area contributed by atoms with E-state index in [9.17, 15) is 23.9 Å². The molecule has 0 aromatic heterocycles. The highest BCUT2D eigenvalue weighted by Gasteiger charge is 2.52. The Bertz CT molecular complexity index is 1400. The third-order valence-electron chi connectivity index (χ3n) is 7.35. The molecular formula is C31H32FN5O4. The molecule has 2 aliphatic heterocycles. The second-order valence-corrected chi connectivity index (χ2v) is 10.1. The normalized spacial score (nSPS) is 18.8. The Kier molecular flexibility index (Phi) is 8.30. The van der Waals surface area contributed by atoms with Crippen molar-refractivity contribution in [1.29, 1.82) is 0 Å². The number of aromatic hydroxyl groups is 1. The highest BCUT2D eigenvalue weighted by atomic mass is 19.1. The molecule has 3 aromatic carbocycles. The number of carbonyl (C=O) groups is 3. The zero-order valence-electron chi connectivity index (χ0n) is 22.5. The van der Waals surface area contributed by atoms with Gasteiger partial charge in [0, 0.05) is 19.5 Å². The first-order valence-electron chi connectivity index (χ1n) is 13.4. The van der Waals surface area contributed by atoms with Gasteiger partial charge in [-0.3, -0.25) is 14.6 Å². The topological polar surface area (TPSA) is 96.4 Å². The van der Waals surface area contributed by atoms with Gasteiger partial charge < -0.3 is 20.2 Å². The summed E-state index contributed by atoms with van der Waals surface area (Å²) in [7, 11) is 0. The Morgan fingerprint density at radius 1 is 1.00 bits per heavy atom. The molecule has 41 heavy (non-hydrogen) atoms. The van der Waals surface area contributed by atoms with E-state index in [2.05, 4.69) is 11.9 Å². The maximum absolute atomic E-state index is 13.8. The number of piperazine rings is 1. The first kappa shape index (κ1) is 27.9. The Hall–Kier alpha value is -4.70. The molecule has 2 heterocycles. The van der Waals surface area contributed by atoms with Crippen LogP contribution in [0.4, 0.5) is 9.18 Å². The van der Waals surface area contributed by atoms with Crippen molar-refractivity contribution in [3.63, 3.8) is 0 Å². The van der Waals surface area contributed by atoms with Crippen LogP contribution in [-0.2, 0) is 29.1 Å². The van der Waals surface area contributed by atoms with Crippen LogP contribution in [0.5, 0.6) is 5.75 Å². The standard InChI is InChI=1S/C31H32FN5O4/c1-2-16-35(31(41)33-18-23-6-4-3-5-7-23)36-21-29(39)37-27(17-22-10-14-26(38)15-11-22)30(40)34(20-28(36)37)19-24-8-12-25(32)13-9-24/h2-15,27-28,38H,1,16-21H2,(H,33,41)/t27-,28+/m0/s1. The fourth-order valence-electron chi connectivity index (χ4n) is 5.35. The Labute approximate surface area is 238 Å². The number of carbonyl (C=O) groups excluding carboxylic acids is 3. The van der Waals surface area contributed by atoms with E-state index in [0.29, 0.717) is 6.54 Å². The summed E-state index contributed by atoms with van der Waals surface area (Å²) in [5, 5.41) is 15.8. The van der Waals surface area contributed by atoms with E-state index >= 15 is 0 Å². The molecule has 2 atom stereocenters. The predicted molar refractivity (Wildman–Crippen MR) is 150 cm³/mol. The summed E-state index contributed by atoms with van der Waals surface area (Å²) in [6, 6.07) is 20.8. The van der Waals surface area contributed by atoms with Crippen molar-refractivity contribution in [2.24, 2.45) is 0 Å². The zero-order valence-corrected chi connectivity index (χ0v) is 22.5. The van der Waals surface area contributed by atoms with Crippen LogP contribution in [0.25, 0.3) is 0 Å². The van der Waals surface area contributed by atoms with Crippen molar-refractivity contribution in [3.05, 3.63) is 114 Å². The van der Waals surface area contributed by atoms with E-state index in [1.165, 1.54) is 29.3 Å². The molecule has 212 valence electrons. The minimum Gasteiger partial charge on any atom is -0.508 e. The second kappa shape index (κ2) is 12.2. The van der Waals surface area contributed by atoms with Gasteiger partial charge in [-0.25, -0.2) is 9.18 Å². The molecule has 4 amide bonds. The van der Waals surface area contributed by atoms with Crippen LogP contribution in [0.2, 0.25) is 0 Å². The number of phenolic OH excluding ortho intramolecular Hbond substituents is 1. The largest absolute Gasteiger partial charge is 0.508 e. The highest BCUT2D eigenvalue weighted by Crippen LogP contribution is 2.30. The van der Waals surface area contributed by atoms with Gasteiger partial charge in [-0.1, -0.05) is 60.7 Å². The number of hydrogen-bond donors (Lipinski definition) is 2. The van der Waals surface area contributed by atoms with Gasteiger partial charge in [0.1, 0.15) is 23.8 Å². The number of hydrogen-bond acceptors (Lipinski definition) is 5. The van der Waals surface area contributed by atoms with Gasteiger partial charge in [0.05, 0.1) is 19.6 Å². The number of rotatable bonds is 9. The smallest absolute Gasteiger partial charge is 0.332 e. The number of fused-ring (bicyclic) bond motifs is 1. The number of benzene rings is 3. The quantitative estimate of drug-likeness (QED) is 0.394. The van der Waals surface area contributed by atoms with Crippen LogP contribution in [0.15, 0.2) is 91.5 Å². The highest BCUT2D eigenvalue weighted by molar-refractivity contribution is 5.91. The van der Waals surface area contributed by atoms with Crippen molar-refractivity contribution in [3.8, 4) is 5.75 Å². The Morgan fingerprint density at radius 3 is 2.37 bits per heavy atom. The van der Waals surface area contributed by atoms with E-state index in [1.807, 2.05) is 30.3 Å². The van der Waals surface area contributed by atoms with Gasteiger partial charge in [0.2, 0.25) is 11.8 Å². The summed E-state index contributed by atoms with van der Waals surface area (Å²) in [4.78, 5) is 43.9. The summed E-state index contributed by atoms with van der Waals surface area (Å²) >= 11 is 0. The summed E-state index contributed by atoms with van der Waals surface area (Å²) in [6.07, 6.45) is 1.22. The molecule has 0 saturated carbocycles. The van der Waals surface area contributed by atoms with Crippen molar-refractivity contribution in [1.82, 2.24) is 25.1 Å².